The molecule has 0 aliphatic heterocycles. The lowest BCUT2D eigenvalue weighted by Gasteiger charge is -2.20. The Morgan fingerprint density at radius 2 is 1.78 bits per heavy atom. The van der Waals surface area contributed by atoms with Gasteiger partial charge in [0.05, 0.1) is 24.2 Å². The van der Waals surface area contributed by atoms with E-state index in [1.807, 2.05) is 86.9 Å². The van der Waals surface area contributed by atoms with Crippen LogP contribution in [-0.4, -0.2) is 36.2 Å². The number of fused-ring (bicyclic) bond motifs is 2. The molecule has 4 heterocycles. The maximum Gasteiger partial charge on any atom is 0.282 e. The Morgan fingerprint density at radius 3 is 2.59 bits per heavy atom. The Morgan fingerprint density at radius 1 is 1.00 bits per heavy atom. The van der Waals surface area contributed by atoms with Crippen molar-refractivity contribution in [2.45, 2.75) is 19.9 Å². The van der Waals surface area contributed by atoms with E-state index >= 15 is 0 Å². The van der Waals surface area contributed by atoms with Crippen LogP contribution in [0.5, 0.6) is 5.75 Å². The van der Waals surface area contributed by atoms with Crippen LogP contribution in [0.2, 0.25) is 0 Å². The number of hydrogen-bond acceptors (Lipinski definition) is 6. The van der Waals surface area contributed by atoms with E-state index in [1.54, 1.807) is 16.2 Å². The number of nitrogens with zero attached hydrogens (tertiary/aromatic N) is 5. The molecule has 9 heteroatoms. The molecule has 0 radical (unpaired) electrons. The van der Waals surface area contributed by atoms with Crippen molar-refractivity contribution in [2.24, 2.45) is 0 Å². The zero-order valence-electron chi connectivity index (χ0n) is 20.6. The lowest BCUT2D eigenvalue weighted by Crippen LogP contribution is -2.29. The number of para-hydroxylation sites is 2. The van der Waals surface area contributed by atoms with Gasteiger partial charge in [0, 0.05) is 23.5 Å². The summed E-state index contributed by atoms with van der Waals surface area (Å²) in [5.41, 5.74) is 4.56. The van der Waals surface area contributed by atoms with Crippen molar-refractivity contribution in [1.29, 1.82) is 0 Å². The fourth-order valence-electron chi connectivity index (χ4n) is 4.76. The summed E-state index contributed by atoms with van der Waals surface area (Å²) in [6.07, 6.45) is 5.22. The fourth-order valence-corrected chi connectivity index (χ4v) is 4.76. The van der Waals surface area contributed by atoms with E-state index in [2.05, 4.69) is 20.3 Å². The molecule has 1 atom stereocenters. The minimum atomic E-state index is -0.376. The monoisotopic (exact) mass is 491 g/mol. The van der Waals surface area contributed by atoms with Crippen LogP contribution in [0.1, 0.15) is 24.4 Å². The van der Waals surface area contributed by atoms with Crippen molar-refractivity contribution in [3.8, 4) is 22.6 Å². The summed E-state index contributed by atoms with van der Waals surface area (Å²) < 4.78 is 8.92. The molecule has 9 nitrogen and oxygen atoms in total. The minimum Gasteiger partial charge on any atom is -0.496 e. The molecule has 6 aromatic rings. The zero-order chi connectivity index (χ0) is 25.5. The smallest absolute Gasteiger partial charge is 0.282 e. The lowest BCUT2D eigenvalue weighted by atomic mass is 10.0. The number of benzene rings is 2. The molecular formula is C28H25N7O2. The number of hydrogen-bond donors (Lipinski definition) is 2. The second-order valence-electron chi connectivity index (χ2n) is 8.84. The summed E-state index contributed by atoms with van der Waals surface area (Å²) in [6, 6.07) is 18.9. The molecule has 0 amide bonds. The summed E-state index contributed by atoms with van der Waals surface area (Å²) in [5.74, 6) is 1.93. The molecular weight excluding hydrogens is 466 g/mol. The van der Waals surface area contributed by atoms with Crippen LogP contribution >= 0.6 is 0 Å². The highest BCUT2D eigenvalue weighted by atomic mass is 16.5. The van der Waals surface area contributed by atoms with Gasteiger partial charge in [-0.1, -0.05) is 36.4 Å². The molecule has 0 spiro atoms. The van der Waals surface area contributed by atoms with Gasteiger partial charge >= 0.3 is 0 Å². The van der Waals surface area contributed by atoms with Crippen molar-refractivity contribution >= 4 is 22.4 Å². The van der Waals surface area contributed by atoms with Crippen molar-refractivity contribution in [1.82, 2.24) is 29.1 Å². The summed E-state index contributed by atoms with van der Waals surface area (Å²) in [6.45, 7) is 3.88. The topological polar surface area (TPSA) is 102 Å². The van der Waals surface area contributed by atoms with Crippen molar-refractivity contribution in [3.05, 3.63) is 101 Å². The number of H-pyrrole nitrogens is 1. The molecule has 0 bridgehead atoms. The lowest BCUT2D eigenvalue weighted by molar-refractivity contribution is 0.416. The van der Waals surface area contributed by atoms with Crippen molar-refractivity contribution in [2.75, 3.05) is 12.4 Å². The van der Waals surface area contributed by atoms with Crippen LogP contribution < -0.4 is 15.6 Å². The van der Waals surface area contributed by atoms with Gasteiger partial charge in [0.1, 0.15) is 29.1 Å². The Balaban J connectivity index is 1.51. The maximum absolute atomic E-state index is 13.7. The largest absolute Gasteiger partial charge is 0.496 e. The van der Waals surface area contributed by atoms with Gasteiger partial charge in [0.15, 0.2) is 5.82 Å². The van der Waals surface area contributed by atoms with Crippen LogP contribution in [0, 0.1) is 6.92 Å². The highest BCUT2D eigenvalue weighted by molar-refractivity contribution is 6.02. The molecule has 0 saturated heterocycles. The van der Waals surface area contributed by atoms with E-state index in [4.69, 9.17) is 9.84 Å². The van der Waals surface area contributed by atoms with Gasteiger partial charge in [-0.3, -0.25) is 9.36 Å². The van der Waals surface area contributed by atoms with E-state index in [0.29, 0.717) is 22.8 Å². The molecule has 6 rings (SSSR count). The Labute approximate surface area is 212 Å². The third-order valence-electron chi connectivity index (χ3n) is 6.54. The Hall–Kier alpha value is -4.92. The second kappa shape index (κ2) is 8.94. The van der Waals surface area contributed by atoms with Crippen LogP contribution in [0.4, 0.5) is 5.82 Å². The first-order valence-corrected chi connectivity index (χ1v) is 11.9. The molecule has 0 aliphatic carbocycles. The van der Waals surface area contributed by atoms with E-state index in [9.17, 15) is 4.79 Å². The first kappa shape index (κ1) is 22.5. The third kappa shape index (κ3) is 3.72. The van der Waals surface area contributed by atoms with Gasteiger partial charge in [-0.25, -0.2) is 14.5 Å². The molecule has 0 unspecified atom stereocenters. The number of aryl methyl sites for hydroxylation is 1. The van der Waals surface area contributed by atoms with Gasteiger partial charge in [-0.05, 0) is 43.7 Å². The minimum absolute atomic E-state index is 0.128. The van der Waals surface area contributed by atoms with Crippen molar-refractivity contribution < 1.29 is 4.74 Å². The van der Waals surface area contributed by atoms with Crippen LogP contribution in [0.15, 0.2) is 84.2 Å². The quantitative estimate of drug-likeness (QED) is 0.343. The van der Waals surface area contributed by atoms with E-state index in [1.165, 1.54) is 6.33 Å². The average molecular weight is 492 g/mol. The highest BCUT2D eigenvalue weighted by Gasteiger charge is 2.22. The van der Waals surface area contributed by atoms with Gasteiger partial charge < -0.3 is 15.0 Å². The molecule has 0 aliphatic rings. The summed E-state index contributed by atoms with van der Waals surface area (Å²) >= 11 is 0. The third-order valence-corrected chi connectivity index (χ3v) is 6.54. The van der Waals surface area contributed by atoms with Gasteiger partial charge in [-0.2, -0.15) is 5.10 Å². The summed E-state index contributed by atoms with van der Waals surface area (Å²) in [5, 5.41) is 9.17. The molecule has 0 saturated carbocycles. The molecule has 184 valence electrons. The SMILES string of the molecule is COc1ccccc1-c1c[nH]c2ncnc(N[C@@H](C)c3nn4ccc(C)c4c(=O)n3-c3ccccc3)c12. The first-order valence-electron chi connectivity index (χ1n) is 11.9. The van der Waals surface area contributed by atoms with Gasteiger partial charge in [0.25, 0.3) is 5.56 Å². The number of methoxy groups -OCH3 is 1. The van der Waals surface area contributed by atoms with E-state index in [-0.39, 0.29) is 11.6 Å². The van der Waals surface area contributed by atoms with E-state index in [0.717, 1.165) is 33.5 Å². The molecule has 0 fully saturated rings. The predicted octanol–water partition coefficient (Wildman–Crippen LogP) is 4.91. The predicted molar refractivity (Wildman–Crippen MR) is 143 cm³/mol. The average Bonchev–Trinajstić information content (AvgIpc) is 3.53. The maximum atomic E-state index is 13.7. The van der Waals surface area contributed by atoms with Crippen LogP contribution in [-0.2, 0) is 0 Å². The summed E-state index contributed by atoms with van der Waals surface area (Å²) in [7, 11) is 1.65. The number of aromatic amines is 1. The Kier molecular flexibility index (Phi) is 5.45. The number of rotatable bonds is 6. The number of anilines is 1. The first-order chi connectivity index (χ1) is 18.1. The number of nitrogens with one attached hydrogen (secondary N) is 2. The number of aromatic nitrogens is 6. The standard InChI is InChI=1S/C28H25N7O2/c1-17-13-14-34-24(17)28(36)35(19-9-5-4-6-10-19)27(33-34)18(2)32-26-23-21(15-29-25(23)30-16-31-26)20-11-7-8-12-22(20)37-3/h4-16,18H,1-3H3,(H2,29,30,31,32)/t18-/m0/s1. The van der Waals surface area contributed by atoms with Crippen LogP contribution in [0.25, 0.3) is 33.4 Å². The summed E-state index contributed by atoms with van der Waals surface area (Å²) in [4.78, 5) is 25.9. The van der Waals surface area contributed by atoms with Gasteiger partial charge in [-0.15, -0.1) is 0 Å². The number of ether oxygens (including phenoxy) is 1. The Bertz CT molecular complexity index is 1800. The molecule has 37 heavy (non-hydrogen) atoms. The zero-order valence-corrected chi connectivity index (χ0v) is 20.6. The highest BCUT2D eigenvalue weighted by Crippen LogP contribution is 2.37. The van der Waals surface area contributed by atoms with Crippen LogP contribution in [0.3, 0.4) is 0 Å². The van der Waals surface area contributed by atoms with Gasteiger partial charge in [0.2, 0.25) is 0 Å². The fraction of sp³-hybridized carbons (Fsp3) is 0.143. The molecule has 2 aromatic carbocycles. The van der Waals surface area contributed by atoms with E-state index < -0.39 is 0 Å². The molecule has 2 N–H and O–H groups in total. The second-order valence-corrected chi connectivity index (χ2v) is 8.84. The normalized spacial score (nSPS) is 12.2. The van der Waals surface area contributed by atoms with Crippen molar-refractivity contribution in [3.63, 3.8) is 0 Å². The molecule has 4 aromatic heterocycles.